The summed E-state index contributed by atoms with van der Waals surface area (Å²) in [6, 6.07) is 3.47. The molecule has 0 aliphatic carbocycles. The monoisotopic (exact) mass is 525 g/mol. The summed E-state index contributed by atoms with van der Waals surface area (Å²) < 4.78 is 0. The molecule has 1 rings (SSSR count). The van der Waals surface area contributed by atoms with Crippen molar-refractivity contribution >= 4 is 48.2 Å². The normalized spacial score (nSPS) is 13.9. The van der Waals surface area contributed by atoms with E-state index in [-0.39, 0.29) is 31.4 Å². The highest BCUT2D eigenvalue weighted by atomic mass is 32.1. The van der Waals surface area contributed by atoms with Crippen molar-refractivity contribution in [1.29, 1.82) is 0 Å². The van der Waals surface area contributed by atoms with Crippen LogP contribution < -0.4 is 27.4 Å². The van der Waals surface area contributed by atoms with Crippen LogP contribution in [0.3, 0.4) is 0 Å². The van der Waals surface area contributed by atoms with Crippen LogP contribution in [0.5, 0.6) is 0 Å². The molecule has 198 valence electrons. The number of primary amides is 1. The minimum absolute atomic E-state index is 0.00433. The van der Waals surface area contributed by atoms with Crippen molar-refractivity contribution in [3.8, 4) is 0 Å². The van der Waals surface area contributed by atoms with Crippen LogP contribution in [0.4, 0.5) is 0 Å². The van der Waals surface area contributed by atoms with Gasteiger partial charge in [0.2, 0.25) is 23.6 Å². The molecule has 9 N–H and O–H groups in total. The third-order valence-corrected chi connectivity index (χ3v) is 5.40. The lowest BCUT2D eigenvalue weighted by Crippen LogP contribution is -2.58. The van der Waals surface area contributed by atoms with E-state index in [2.05, 4.69) is 28.6 Å². The molecule has 13 nitrogen and oxygen atoms in total. The van der Waals surface area contributed by atoms with E-state index in [4.69, 9.17) is 16.6 Å². The molecule has 0 saturated carbocycles. The summed E-state index contributed by atoms with van der Waals surface area (Å²) in [7, 11) is 0. The summed E-state index contributed by atoms with van der Waals surface area (Å²) >= 11 is 4.04. The first-order valence-electron chi connectivity index (χ1n) is 11.0. The molecule has 14 heteroatoms. The zero-order valence-corrected chi connectivity index (χ0v) is 20.3. The molecule has 4 amide bonds. The number of carbonyl (C=O) groups is 6. The maximum atomic E-state index is 12.8. The van der Waals surface area contributed by atoms with Gasteiger partial charge in [-0.15, -0.1) is 0 Å². The highest BCUT2D eigenvalue weighted by molar-refractivity contribution is 7.80. The van der Waals surface area contributed by atoms with Crippen molar-refractivity contribution in [1.82, 2.24) is 16.0 Å². The summed E-state index contributed by atoms with van der Waals surface area (Å²) in [6.07, 6.45) is -1.06. The summed E-state index contributed by atoms with van der Waals surface area (Å²) in [5, 5.41) is 25.5. The standard InChI is InChI=1S/C22H31N5O8S/c23-13(6-8-17(24)28)19(31)25-14(7-9-18(29)30)20(32)27-16(11-36)21(33)26-15(22(34)35)10-12-4-2-1-3-5-12/h1-5,13-16,36H,6-11,23H2,(H2,24,28)(H,25,31)(H,26,33)(H,27,32)(H,29,30)(H,34,35). The zero-order valence-electron chi connectivity index (χ0n) is 19.4. The fraction of sp³-hybridized carbons (Fsp3) is 0.455. The van der Waals surface area contributed by atoms with E-state index in [1.54, 1.807) is 30.3 Å². The first kappa shape index (κ1) is 30.4. The van der Waals surface area contributed by atoms with E-state index in [0.29, 0.717) is 5.56 Å². The maximum Gasteiger partial charge on any atom is 0.326 e. The third-order valence-electron chi connectivity index (χ3n) is 5.03. The molecule has 0 heterocycles. The number of carbonyl (C=O) groups excluding carboxylic acids is 4. The zero-order chi connectivity index (χ0) is 27.3. The SMILES string of the molecule is NC(=O)CCC(N)C(=O)NC(CCC(=O)O)C(=O)NC(CS)C(=O)NC(Cc1ccccc1)C(=O)O. The summed E-state index contributed by atoms with van der Waals surface area (Å²) in [5.74, 6) is -5.94. The topological polar surface area (TPSA) is 231 Å². The number of benzene rings is 1. The number of hydrogen-bond acceptors (Lipinski definition) is 8. The van der Waals surface area contributed by atoms with Gasteiger partial charge in [0.25, 0.3) is 0 Å². The molecule has 0 fully saturated rings. The van der Waals surface area contributed by atoms with Crippen molar-refractivity contribution in [2.45, 2.75) is 56.3 Å². The Kier molecular flexibility index (Phi) is 13.0. The number of thiol groups is 1. The Morgan fingerprint density at radius 2 is 1.36 bits per heavy atom. The molecule has 0 aliphatic rings. The number of amides is 4. The number of hydrogen-bond donors (Lipinski definition) is 8. The summed E-state index contributed by atoms with van der Waals surface area (Å²) in [4.78, 5) is 71.4. The molecule has 1 aromatic rings. The molecule has 0 radical (unpaired) electrons. The molecule has 0 bridgehead atoms. The first-order valence-corrected chi connectivity index (χ1v) is 11.6. The second-order valence-corrected chi connectivity index (χ2v) is 8.30. The molecule has 4 atom stereocenters. The van der Waals surface area contributed by atoms with Crippen LogP contribution in [0.2, 0.25) is 0 Å². The molecular weight excluding hydrogens is 494 g/mol. The van der Waals surface area contributed by atoms with Crippen LogP contribution in [0.15, 0.2) is 30.3 Å². The molecule has 0 spiro atoms. The van der Waals surface area contributed by atoms with Gasteiger partial charge in [-0.1, -0.05) is 30.3 Å². The van der Waals surface area contributed by atoms with Crippen molar-refractivity contribution in [2.24, 2.45) is 11.5 Å². The quantitative estimate of drug-likeness (QED) is 0.113. The number of carboxylic acid groups (broad SMARTS) is 2. The van der Waals surface area contributed by atoms with Gasteiger partial charge in [-0.3, -0.25) is 24.0 Å². The lowest BCUT2D eigenvalue weighted by molar-refractivity contribution is -0.142. The lowest BCUT2D eigenvalue weighted by Gasteiger charge is -2.24. The van der Waals surface area contributed by atoms with E-state index in [0.717, 1.165) is 0 Å². The molecule has 36 heavy (non-hydrogen) atoms. The Hall–Kier alpha value is -3.65. The van der Waals surface area contributed by atoms with Gasteiger partial charge < -0.3 is 37.6 Å². The second kappa shape index (κ2) is 15.4. The number of aliphatic carboxylic acids is 2. The number of carboxylic acids is 2. The van der Waals surface area contributed by atoms with E-state index < -0.39 is 66.2 Å². The Balaban J connectivity index is 2.88. The predicted octanol–water partition coefficient (Wildman–Crippen LogP) is -1.84. The molecule has 4 unspecified atom stereocenters. The molecule has 0 aromatic heterocycles. The largest absolute Gasteiger partial charge is 0.481 e. The number of nitrogens with one attached hydrogen (secondary N) is 3. The van der Waals surface area contributed by atoms with Crippen LogP contribution >= 0.6 is 12.6 Å². The van der Waals surface area contributed by atoms with Gasteiger partial charge in [0.15, 0.2) is 0 Å². The average molecular weight is 526 g/mol. The Labute approximate surface area is 212 Å². The summed E-state index contributed by atoms with van der Waals surface area (Å²) in [5.41, 5.74) is 11.4. The van der Waals surface area contributed by atoms with Gasteiger partial charge in [-0.2, -0.15) is 12.6 Å². The van der Waals surface area contributed by atoms with Gasteiger partial charge >= 0.3 is 11.9 Å². The Bertz CT molecular complexity index is 946. The Morgan fingerprint density at radius 1 is 0.806 bits per heavy atom. The summed E-state index contributed by atoms with van der Waals surface area (Å²) in [6.45, 7) is 0. The van der Waals surface area contributed by atoms with Crippen molar-refractivity contribution in [2.75, 3.05) is 5.75 Å². The van der Waals surface area contributed by atoms with E-state index in [1.165, 1.54) is 0 Å². The fourth-order valence-electron chi connectivity index (χ4n) is 3.03. The van der Waals surface area contributed by atoms with Gasteiger partial charge in [0, 0.05) is 25.0 Å². The number of nitrogens with two attached hydrogens (primary N) is 2. The molecule has 1 aromatic carbocycles. The first-order chi connectivity index (χ1) is 16.9. The number of rotatable bonds is 16. The van der Waals surface area contributed by atoms with Crippen molar-refractivity contribution in [3.05, 3.63) is 35.9 Å². The third kappa shape index (κ3) is 11.2. The van der Waals surface area contributed by atoms with Gasteiger partial charge in [-0.25, -0.2) is 4.79 Å². The molecular formula is C22H31N5O8S. The minimum Gasteiger partial charge on any atom is -0.481 e. The van der Waals surface area contributed by atoms with E-state index in [1.807, 2.05) is 0 Å². The van der Waals surface area contributed by atoms with Gasteiger partial charge in [0.1, 0.15) is 18.1 Å². The van der Waals surface area contributed by atoms with Gasteiger partial charge in [-0.05, 0) is 18.4 Å². The van der Waals surface area contributed by atoms with Crippen LogP contribution in [0.25, 0.3) is 0 Å². The highest BCUT2D eigenvalue weighted by Gasteiger charge is 2.30. The van der Waals surface area contributed by atoms with E-state index >= 15 is 0 Å². The maximum absolute atomic E-state index is 12.8. The fourth-order valence-corrected chi connectivity index (χ4v) is 3.29. The van der Waals surface area contributed by atoms with E-state index in [9.17, 15) is 33.9 Å². The smallest absolute Gasteiger partial charge is 0.326 e. The molecule has 0 aliphatic heterocycles. The second-order valence-electron chi connectivity index (χ2n) is 7.94. The van der Waals surface area contributed by atoms with Crippen LogP contribution in [0.1, 0.15) is 31.2 Å². The van der Waals surface area contributed by atoms with Crippen LogP contribution in [0, 0.1) is 0 Å². The molecule has 0 saturated heterocycles. The average Bonchev–Trinajstić information content (AvgIpc) is 2.82. The minimum atomic E-state index is -1.37. The van der Waals surface area contributed by atoms with Crippen molar-refractivity contribution in [3.63, 3.8) is 0 Å². The van der Waals surface area contributed by atoms with Crippen LogP contribution in [-0.4, -0.2) is 75.7 Å². The highest BCUT2D eigenvalue weighted by Crippen LogP contribution is 2.06. The Morgan fingerprint density at radius 3 is 1.89 bits per heavy atom. The lowest BCUT2D eigenvalue weighted by atomic mass is 10.1. The van der Waals surface area contributed by atoms with Crippen LogP contribution in [-0.2, 0) is 35.2 Å². The van der Waals surface area contributed by atoms with Gasteiger partial charge in [0.05, 0.1) is 6.04 Å². The predicted molar refractivity (Wildman–Crippen MR) is 131 cm³/mol. The van der Waals surface area contributed by atoms with Crippen molar-refractivity contribution < 1.29 is 39.0 Å².